The summed E-state index contributed by atoms with van der Waals surface area (Å²) in [5, 5.41) is 0. The Balaban J connectivity index is 1.83. The Morgan fingerprint density at radius 1 is 1.00 bits per heavy atom. The number of hydrogen-bond acceptors (Lipinski definition) is 3. The maximum Gasteiger partial charge on any atom is 0.411 e. The summed E-state index contributed by atoms with van der Waals surface area (Å²) >= 11 is 0. The molecule has 2 aliphatic rings. The van der Waals surface area contributed by atoms with Gasteiger partial charge in [0.25, 0.3) is 5.91 Å². The van der Waals surface area contributed by atoms with E-state index in [4.69, 9.17) is 4.74 Å². The number of ether oxygens (including phenoxy) is 1. The Hall–Kier alpha value is -2.60. The summed E-state index contributed by atoms with van der Waals surface area (Å²) in [6.07, 6.45) is 1.78. The van der Waals surface area contributed by atoms with Crippen LogP contribution in [0.5, 0.6) is 0 Å². The third-order valence-electron chi connectivity index (χ3n) is 6.70. The first-order chi connectivity index (χ1) is 15.6. The van der Waals surface area contributed by atoms with Crippen molar-refractivity contribution in [2.75, 3.05) is 12.8 Å². The van der Waals surface area contributed by atoms with Crippen LogP contribution in [0, 0.1) is 5.92 Å². The van der Waals surface area contributed by atoms with Crippen LogP contribution in [0.3, 0.4) is 0 Å². The van der Waals surface area contributed by atoms with Crippen molar-refractivity contribution in [3.05, 3.63) is 71.8 Å². The van der Waals surface area contributed by atoms with E-state index in [1.54, 1.807) is 4.90 Å². The Morgan fingerprint density at radius 2 is 1.61 bits per heavy atom. The molecule has 0 saturated carbocycles. The predicted molar refractivity (Wildman–Crippen MR) is 134 cm³/mol. The zero-order valence-electron chi connectivity index (χ0n) is 20.5. The van der Waals surface area contributed by atoms with Crippen LogP contribution in [-0.4, -0.2) is 54.2 Å². The molecule has 2 aliphatic heterocycles. The fourth-order valence-electron chi connectivity index (χ4n) is 5.42. The quantitative estimate of drug-likeness (QED) is 0.394. The lowest BCUT2D eigenvalue weighted by Crippen LogP contribution is -2.82. The van der Waals surface area contributed by atoms with Crippen molar-refractivity contribution in [3.8, 4) is 0 Å². The van der Waals surface area contributed by atoms with Gasteiger partial charge >= 0.3 is 6.09 Å². The molecule has 4 rings (SSSR count). The van der Waals surface area contributed by atoms with E-state index in [1.165, 1.54) is 0 Å². The number of hydrogen-bond donors (Lipinski definition) is 0. The number of amides is 2. The molecule has 2 fully saturated rings. The maximum atomic E-state index is 14.2. The van der Waals surface area contributed by atoms with E-state index in [0.29, 0.717) is 12.3 Å². The van der Waals surface area contributed by atoms with Crippen LogP contribution >= 0.6 is 0 Å². The second-order valence-electron chi connectivity index (χ2n) is 11.1. The van der Waals surface area contributed by atoms with Crippen LogP contribution in [0.4, 0.5) is 4.79 Å². The SMILES string of the molecule is CC(C)C[C@H]1N(C[Si](C)(C)C)C(=O)[C@]1(Cc1ccccc1)N1C(=O)OC[C@@H]1c1ccccc1. The van der Waals surface area contributed by atoms with Crippen molar-refractivity contribution in [1.29, 1.82) is 0 Å². The minimum absolute atomic E-state index is 0.0335. The molecule has 0 radical (unpaired) electrons. The van der Waals surface area contributed by atoms with Crippen molar-refractivity contribution in [1.82, 2.24) is 9.80 Å². The fraction of sp³-hybridized carbons (Fsp3) is 0.481. The standard InChI is InChI=1S/C27H36N2O3Si/c1-20(2)16-24-27(17-21-12-8-6-9-13-21,25(30)28(24)19-33(3,4)5)29-23(18-32-26(29)31)22-14-10-7-11-15-22/h6-15,20,23-24H,16-19H2,1-5H3/t23-,24-,27-/m1/s1. The van der Waals surface area contributed by atoms with Crippen LogP contribution in [0.1, 0.15) is 37.4 Å². The smallest absolute Gasteiger partial charge is 0.411 e. The molecule has 2 aromatic carbocycles. The van der Waals surface area contributed by atoms with Gasteiger partial charge in [-0.15, -0.1) is 0 Å². The molecule has 2 amide bonds. The van der Waals surface area contributed by atoms with Crippen molar-refractivity contribution in [2.45, 2.75) is 64.0 Å². The molecule has 176 valence electrons. The lowest BCUT2D eigenvalue weighted by molar-refractivity contribution is -0.175. The zero-order valence-corrected chi connectivity index (χ0v) is 21.5. The second-order valence-corrected chi connectivity index (χ2v) is 16.5. The van der Waals surface area contributed by atoms with Gasteiger partial charge in [0.15, 0.2) is 0 Å². The van der Waals surface area contributed by atoms with Crippen LogP contribution < -0.4 is 0 Å². The Kier molecular flexibility index (Phi) is 6.40. The summed E-state index contributed by atoms with van der Waals surface area (Å²) in [5.41, 5.74) is 1.15. The number of likely N-dealkylation sites (tertiary alicyclic amines) is 1. The lowest BCUT2D eigenvalue weighted by Gasteiger charge is -2.61. The van der Waals surface area contributed by atoms with Gasteiger partial charge in [0.05, 0.1) is 20.2 Å². The Morgan fingerprint density at radius 3 is 2.18 bits per heavy atom. The number of benzene rings is 2. The summed E-state index contributed by atoms with van der Waals surface area (Å²) in [7, 11) is -1.55. The third-order valence-corrected chi connectivity index (χ3v) is 7.99. The van der Waals surface area contributed by atoms with E-state index in [1.807, 2.05) is 48.5 Å². The van der Waals surface area contributed by atoms with Gasteiger partial charge in [0.2, 0.25) is 0 Å². The first kappa shape index (κ1) is 23.6. The molecule has 0 aromatic heterocycles. The van der Waals surface area contributed by atoms with Crippen LogP contribution in [0.2, 0.25) is 19.6 Å². The van der Waals surface area contributed by atoms with E-state index in [9.17, 15) is 9.59 Å². The molecule has 0 aliphatic carbocycles. The summed E-state index contributed by atoms with van der Waals surface area (Å²) in [6, 6.07) is 19.8. The third kappa shape index (κ3) is 4.45. The largest absolute Gasteiger partial charge is 0.447 e. The lowest BCUT2D eigenvalue weighted by atomic mass is 9.69. The normalized spacial score (nSPS) is 25.4. The van der Waals surface area contributed by atoms with Crippen molar-refractivity contribution in [2.24, 2.45) is 5.92 Å². The summed E-state index contributed by atoms with van der Waals surface area (Å²) in [6.45, 7) is 11.5. The van der Waals surface area contributed by atoms with E-state index < -0.39 is 13.6 Å². The molecular weight excluding hydrogens is 428 g/mol. The average molecular weight is 465 g/mol. The predicted octanol–water partition coefficient (Wildman–Crippen LogP) is 5.30. The number of carbonyl (C=O) groups excluding carboxylic acids is 2. The number of rotatable bonds is 8. The van der Waals surface area contributed by atoms with E-state index in [2.05, 4.69) is 50.5 Å². The highest BCUT2D eigenvalue weighted by Crippen LogP contribution is 2.48. The van der Waals surface area contributed by atoms with Crippen molar-refractivity contribution >= 4 is 20.1 Å². The number of nitrogens with zero attached hydrogens (tertiary/aromatic N) is 2. The van der Waals surface area contributed by atoms with Gasteiger partial charge in [0.1, 0.15) is 12.1 Å². The van der Waals surface area contributed by atoms with Crippen LogP contribution in [0.25, 0.3) is 0 Å². The minimum atomic E-state index is -1.55. The Bertz CT molecular complexity index is 989. The molecule has 5 nitrogen and oxygen atoms in total. The molecule has 0 bridgehead atoms. The van der Waals surface area contributed by atoms with Gasteiger partial charge in [-0.2, -0.15) is 0 Å². The van der Waals surface area contributed by atoms with Gasteiger partial charge in [-0.25, -0.2) is 4.79 Å². The van der Waals surface area contributed by atoms with Crippen LogP contribution in [-0.2, 0) is 16.0 Å². The minimum Gasteiger partial charge on any atom is -0.447 e. The Labute approximate surface area is 198 Å². The number of β-lactam (4-membered cyclic amide) rings is 1. The summed E-state index contributed by atoms with van der Waals surface area (Å²) < 4.78 is 5.61. The van der Waals surface area contributed by atoms with E-state index in [0.717, 1.165) is 23.7 Å². The first-order valence-electron chi connectivity index (χ1n) is 12.0. The summed E-state index contributed by atoms with van der Waals surface area (Å²) in [5.74, 6) is 0.468. The molecule has 6 heteroatoms. The first-order valence-corrected chi connectivity index (χ1v) is 15.7. The molecule has 0 unspecified atom stereocenters. The highest BCUT2D eigenvalue weighted by molar-refractivity contribution is 6.76. The molecule has 2 saturated heterocycles. The summed E-state index contributed by atoms with van der Waals surface area (Å²) in [4.78, 5) is 31.3. The molecule has 2 aromatic rings. The molecule has 0 N–H and O–H groups in total. The highest BCUT2D eigenvalue weighted by atomic mass is 28.3. The van der Waals surface area contributed by atoms with Gasteiger partial charge in [-0.05, 0) is 23.5 Å². The second kappa shape index (κ2) is 8.97. The molecule has 2 heterocycles. The monoisotopic (exact) mass is 464 g/mol. The molecule has 33 heavy (non-hydrogen) atoms. The average Bonchev–Trinajstić information content (AvgIpc) is 3.16. The van der Waals surface area contributed by atoms with Gasteiger partial charge in [-0.3, -0.25) is 9.69 Å². The topological polar surface area (TPSA) is 49.9 Å². The zero-order chi connectivity index (χ0) is 23.8. The molecular formula is C27H36N2O3Si. The number of carbonyl (C=O) groups is 2. The van der Waals surface area contributed by atoms with Gasteiger partial charge in [0, 0.05) is 12.6 Å². The van der Waals surface area contributed by atoms with Crippen molar-refractivity contribution in [3.63, 3.8) is 0 Å². The van der Waals surface area contributed by atoms with Crippen LogP contribution in [0.15, 0.2) is 60.7 Å². The van der Waals surface area contributed by atoms with Crippen molar-refractivity contribution < 1.29 is 14.3 Å². The van der Waals surface area contributed by atoms with E-state index in [-0.39, 0.29) is 30.7 Å². The van der Waals surface area contributed by atoms with E-state index >= 15 is 0 Å². The highest BCUT2D eigenvalue weighted by Gasteiger charge is 2.67. The molecule has 0 spiro atoms. The van der Waals surface area contributed by atoms with Gasteiger partial charge in [-0.1, -0.05) is 94.2 Å². The maximum absolute atomic E-state index is 14.2. The van der Waals surface area contributed by atoms with Gasteiger partial charge < -0.3 is 9.64 Å². The fourth-order valence-corrected chi connectivity index (χ4v) is 6.80. The molecule has 3 atom stereocenters. The number of cyclic esters (lactones) is 1.